The van der Waals surface area contributed by atoms with Crippen molar-refractivity contribution in [2.24, 2.45) is 0 Å². The molecular formula is C22H28N4O2. The molecular weight excluding hydrogens is 352 g/mol. The molecule has 2 rings (SSSR count). The molecule has 1 amide bonds. The van der Waals surface area contributed by atoms with Crippen molar-refractivity contribution < 1.29 is 4.79 Å². The first-order valence-electron chi connectivity index (χ1n) is 9.42. The molecule has 148 valence electrons. The van der Waals surface area contributed by atoms with Gasteiger partial charge in [0, 0.05) is 31.7 Å². The van der Waals surface area contributed by atoms with E-state index in [9.17, 15) is 14.9 Å². The predicted octanol–water partition coefficient (Wildman–Crippen LogP) is 2.39. The number of nitriles is 1. The molecule has 28 heavy (non-hydrogen) atoms. The van der Waals surface area contributed by atoms with Crippen molar-refractivity contribution in [2.45, 2.75) is 33.2 Å². The molecule has 0 radical (unpaired) electrons. The molecule has 0 spiro atoms. The zero-order valence-electron chi connectivity index (χ0n) is 17.1. The number of amides is 1. The molecule has 0 saturated carbocycles. The fourth-order valence-electron chi connectivity index (χ4n) is 3.23. The van der Waals surface area contributed by atoms with Crippen LogP contribution in [0, 0.1) is 25.2 Å². The average molecular weight is 380 g/mol. The van der Waals surface area contributed by atoms with Crippen LogP contribution in [0.2, 0.25) is 0 Å². The van der Waals surface area contributed by atoms with Gasteiger partial charge >= 0.3 is 0 Å². The van der Waals surface area contributed by atoms with E-state index in [0.717, 1.165) is 23.4 Å². The number of carbonyl (C=O) groups excluding carboxylic acids is 1. The Labute approximate surface area is 166 Å². The van der Waals surface area contributed by atoms with Gasteiger partial charge in [-0.2, -0.15) is 5.26 Å². The lowest BCUT2D eigenvalue weighted by molar-refractivity contribution is -0.131. The van der Waals surface area contributed by atoms with E-state index in [1.54, 1.807) is 6.92 Å². The third-order valence-electron chi connectivity index (χ3n) is 4.90. The number of nitrogens with zero attached hydrogens (tertiary/aromatic N) is 3. The maximum atomic E-state index is 12.9. The summed E-state index contributed by atoms with van der Waals surface area (Å²) in [5.41, 5.74) is 3.11. The van der Waals surface area contributed by atoms with Crippen molar-refractivity contribution in [1.82, 2.24) is 14.8 Å². The molecule has 0 aliphatic rings. The largest absolute Gasteiger partial charge is 0.337 e. The second-order valence-corrected chi connectivity index (χ2v) is 7.27. The Morgan fingerprint density at radius 1 is 1.14 bits per heavy atom. The highest BCUT2D eigenvalue weighted by Crippen LogP contribution is 2.16. The van der Waals surface area contributed by atoms with Crippen molar-refractivity contribution in [2.75, 3.05) is 27.2 Å². The highest BCUT2D eigenvalue weighted by atomic mass is 16.2. The van der Waals surface area contributed by atoms with Crippen LogP contribution >= 0.6 is 0 Å². The molecule has 6 heteroatoms. The quantitative estimate of drug-likeness (QED) is 0.762. The minimum Gasteiger partial charge on any atom is -0.337 e. The number of carbonyl (C=O) groups is 1. The Balaban J connectivity index is 2.15. The zero-order valence-corrected chi connectivity index (χ0v) is 17.1. The van der Waals surface area contributed by atoms with Crippen LogP contribution in [-0.2, 0) is 17.8 Å². The summed E-state index contributed by atoms with van der Waals surface area (Å²) in [7, 11) is 3.98. The van der Waals surface area contributed by atoms with E-state index in [4.69, 9.17) is 0 Å². The number of likely N-dealkylation sites (N-methyl/N-ethyl adjacent to an activating group) is 1. The third kappa shape index (κ3) is 5.54. The number of H-pyrrole nitrogens is 1. The molecule has 0 aliphatic carbocycles. The first-order chi connectivity index (χ1) is 13.3. The lowest BCUT2D eigenvalue weighted by Gasteiger charge is -2.25. The van der Waals surface area contributed by atoms with Gasteiger partial charge in [0.15, 0.2) is 0 Å². The molecule has 0 unspecified atom stereocenters. The number of aryl methyl sites for hydroxylation is 1. The minimum atomic E-state index is -0.371. The molecule has 1 heterocycles. The molecule has 0 saturated heterocycles. The molecule has 0 atom stereocenters. The van der Waals surface area contributed by atoms with Crippen LogP contribution < -0.4 is 5.56 Å². The molecule has 1 aromatic carbocycles. The summed E-state index contributed by atoms with van der Waals surface area (Å²) in [6.07, 6.45) is 0.827. The van der Waals surface area contributed by atoms with Crippen molar-refractivity contribution in [3.8, 4) is 6.07 Å². The van der Waals surface area contributed by atoms with Crippen LogP contribution in [0.5, 0.6) is 0 Å². The second-order valence-electron chi connectivity index (χ2n) is 7.27. The zero-order chi connectivity index (χ0) is 20.7. The van der Waals surface area contributed by atoms with Crippen LogP contribution in [0.15, 0.2) is 35.1 Å². The SMILES string of the molecule is Cc1[nH]c(=O)c(C#N)c(C)c1CCC(=O)N(CCN(C)C)Cc1ccccc1. The lowest BCUT2D eigenvalue weighted by atomic mass is 9.99. The van der Waals surface area contributed by atoms with Crippen molar-refractivity contribution in [3.05, 3.63) is 68.6 Å². The number of pyridine rings is 1. The van der Waals surface area contributed by atoms with Crippen LogP contribution in [0.3, 0.4) is 0 Å². The lowest BCUT2D eigenvalue weighted by Crippen LogP contribution is -2.36. The molecule has 2 aromatic rings. The standard InChI is InChI=1S/C22H28N4O2/c1-16-19(17(2)24-22(28)20(16)14-23)10-11-21(27)26(13-12-25(3)4)15-18-8-6-5-7-9-18/h5-9H,10-13,15H2,1-4H3,(H,24,28). The summed E-state index contributed by atoms with van der Waals surface area (Å²) in [6.45, 7) is 5.58. The maximum Gasteiger partial charge on any atom is 0.266 e. The van der Waals surface area contributed by atoms with Gasteiger partial charge in [0.1, 0.15) is 11.6 Å². The van der Waals surface area contributed by atoms with E-state index in [0.29, 0.717) is 31.5 Å². The maximum absolute atomic E-state index is 12.9. The number of benzene rings is 1. The minimum absolute atomic E-state index is 0.0641. The summed E-state index contributed by atoms with van der Waals surface area (Å²) in [4.78, 5) is 31.5. The summed E-state index contributed by atoms with van der Waals surface area (Å²) in [5, 5.41) is 9.22. The van der Waals surface area contributed by atoms with E-state index < -0.39 is 0 Å². The number of rotatable bonds is 8. The van der Waals surface area contributed by atoms with Crippen LogP contribution in [0.25, 0.3) is 0 Å². The van der Waals surface area contributed by atoms with E-state index >= 15 is 0 Å². The van der Waals surface area contributed by atoms with Gasteiger partial charge in [0.2, 0.25) is 5.91 Å². The van der Waals surface area contributed by atoms with Gasteiger partial charge in [-0.1, -0.05) is 30.3 Å². The Morgan fingerprint density at radius 2 is 1.82 bits per heavy atom. The Bertz CT molecular complexity index is 911. The fraction of sp³-hybridized carbons (Fsp3) is 0.409. The van der Waals surface area contributed by atoms with Gasteiger partial charge in [0.05, 0.1) is 0 Å². The van der Waals surface area contributed by atoms with Crippen molar-refractivity contribution in [3.63, 3.8) is 0 Å². The summed E-state index contributed by atoms with van der Waals surface area (Å²) >= 11 is 0. The summed E-state index contributed by atoms with van der Waals surface area (Å²) in [6, 6.07) is 11.9. The third-order valence-corrected chi connectivity index (χ3v) is 4.90. The van der Waals surface area contributed by atoms with Gasteiger partial charge in [-0.15, -0.1) is 0 Å². The van der Waals surface area contributed by atoms with Gasteiger partial charge in [-0.3, -0.25) is 9.59 Å². The molecule has 1 aromatic heterocycles. The molecule has 0 aliphatic heterocycles. The normalized spacial score (nSPS) is 10.7. The number of hydrogen-bond donors (Lipinski definition) is 1. The molecule has 1 N–H and O–H groups in total. The van der Waals surface area contributed by atoms with E-state index in [1.807, 2.05) is 62.3 Å². The van der Waals surface area contributed by atoms with Gasteiger partial charge < -0.3 is 14.8 Å². The van der Waals surface area contributed by atoms with Gasteiger partial charge in [-0.05, 0) is 51.1 Å². The van der Waals surface area contributed by atoms with E-state index in [-0.39, 0.29) is 17.0 Å². The van der Waals surface area contributed by atoms with Gasteiger partial charge in [0.25, 0.3) is 5.56 Å². The highest BCUT2D eigenvalue weighted by molar-refractivity contribution is 5.76. The number of aromatic amines is 1. The number of aromatic nitrogens is 1. The number of hydrogen-bond acceptors (Lipinski definition) is 4. The Hall–Kier alpha value is -2.91. The highest BCUT2D eigenvalue weighted by Gasteiger charge is 2.17. The monoisotopic (exact) mass is 380 g/mol. The van der Waals surface area contributed by atoms with Crippen LogP contribution in [0.4, 0.5) is 0 Å². The second kappa shape index (κ2) is 9.86. The van der Waals surface area contributed by atoms with Gasteiger partial charge in [-0.25, -0.2) is 0 Å². The van der Waals surface area contributed by atoms with Crippen molar-refractivity contribution in [1.29, 1.82) is 5.26 Å². The van der Waals surface area contributed by atoms with Crippen LogP contribution in [0.1, 0.15) is 34.4 Å². The Kier molecular flexibility index (Phi) is 7.53. The topological polar surface area (TPSA) is 80.2 Å². The van der Waals surface area contributed by atoms with E-state index in [1.165, 1.54) is 0 Å². The summed E-state index contributed by atoms with van der Waals surface area (Å²) < 4.78 is 0. The molecule has 6 nitrogen and oxygen atoms in total. The summed E-state index contributed by atoms with van der Waals surface area (Å²) in [5.74, 6) is 0.0641. The number of nitrogens with one attached hydrogen (secondary N) is 1. The molecule has 0 fully saturated rings. The first-order valence-corrected chi connectivity index (χ1v) is 9.42. The Morgan fingerprint density at radius 3 is 2.43 bits per heavy atom. The predicted molar refractivity (Wildman–Crippen MR) is 110 cm³/mol. The van der Waals surface area contributed by atoms with Crippen LogP contribution in [-0.4, -0.2) is 47.9 Å². The smallest absolute Gasteiger partial charge is 0.266 e. The fourth-order valence-corrected chi connectivity index (χ4v) is 3.23. The molecule has 0 bridgehead atoms. The average Bonchev–Trinajstić information content (AvgIpc) is 2.65. The first kappa shape index (κ1) is 21.4. The van der Waals surface area contributed by atoms with Crippen molar-refractivity contribution >= 4 is 5.91 Å². The van der Waals surface area contributed by atoms with E-state index in [2.05, 4.69) is 9.88 Å².